The Labute approximate surface area is 182 Å². The minimum absolute atomic E-state index is 0.0335. The summed E-state index contributed by atoms with van der Waals surface area (Å²) in [5.41, 5.74) is 4.86. The lowest BCUT2D eigenvalue weighted by Crippen LogP contribution is -2.28. The van der Waals surface area contributed by atoms with E-state index in [1.54, 1.807) is 0 Å². The summed E-state index contributed by atoms with van der Waals surface area (Å²) < 4.78 is 6.57. The molecule has 5 nitrogen and oxygen atoms in total. The highest BCUT2D eigenvalue weighted by Crippen LogP contribution is 2.29. The molecule has 0 saturated heterocycles. The van der Waals surface area contributed by atoms with Crippen LogP contribution < -0.4 is 5.32 Å². The third kappa shape index (κ3) is 4.90. The molecule has 0 bridgehead atoms. The van der Waals surface area contributed by atoms with E-state index in [0.717, 1.165) is 22.0 Å². The van der Waals surface area contributed by atoms with Gasteiger partial charge in [0.25, 0.3) is 5.22 Å². The van der Waals surface area contributed by atoms with Crippen LogP contribution in [0.15, 0.2) is 56.6 Å². The molecule has 3 aromatic rings. The quantitative estimate of drug-likeness (QED) is 0.490. The van der Waals surface area contributed by atoms with E-state index < -0.39 is 0 Å². The molecule has 1 amide bonds. The van der Waals surface area contributed by atoms with Crippen molar-refractivity contribution in [3.8, 4) is 11.5 Å². The van der Waals surface area contributed by atoms with Crippen LogP contribution in [-0.4, -0.2) is 21.9 Å². The molecule has 4 rings (SSSR count). The van der Waals surface area contributed by atoms with Gasteiger partial charge in [-0.1, -0.05) is 42.1 Å². The molecule has 1 aliphatic rings. The van der Waals surface area contributed by atoms with E-state index in [-0.39, 0.29) is 17.7 Å². The molecule has 0 fully saturated rings. The number of fused-ring (bicyclic) bond motifs is 1. The highest BCUT2D eigenvalue weighted by molar-refractivity contribution is 9.10. The Kier molecular flexibility index (Phi) is 6.35. The first-order valence-corrected chi connectivity index (χ1v) is 11.5. The maximum Gasteiger partial charge on any atom is 0.277 e. The summed E-state index contributed by atoms with van der Waals surface area (Å²) in [6.45, 7) is 2.02. The number of carbonyl (C=O) groups is 1. The minimum atomic E-state index is -0.0548. The number of carbonyl (C=O) groups excluding carboxylic acids is 1. The summed E-state index contributed by atoms with van der Waals surface area (Å²) >= 11 is 4.72. The summed E-state index contributed by atoms with van der Waals surface area (Å²) in [4.78, 5) is 12.4. The first kappa shape index (κ1) is 20.2. The zero-order valence-corrected chi connectivity index (χ0v) is 18.6. The Morgan fingerprint density at radius 3 is 2.79 bits per heavy atom. The zero-order valence-electron chi connectivity index (χ0n) is 16.2. The number of thioether (sulfide) groups is 1. The summed E-state index contributed by atoms with van der Waals surface area (Å²) in [7, 11) is 0. The minimum Gasteiger partial charge on any atom is -0.411 e. The molecule has 29 heavy (non-hydrogen) atoms. The van der Waals surface area contributed by atoms with Crippen LogP contribution in [0.4, 0.5) is 0 Å². The van der Waals surface area contributed by atoms with Crippen LogP contribution in [0.2, 0.25) is 0 Å². The molecule has 1 heterocycles. The average Bonchev–Trinajstić information content (AvgIpc) is 3.21. The Hall–Kier alpha value is -2.12. The fourth-order valence-corrected chi connectivity index (χ4v) is 4.56. The van der Waals surface area contributed by atoms with Crippen LogP contribution >= 0.6 is 27.7 Å². The number of benzene rings is 2. The van der Waals surface area contributed by atoms with Gasteiger partial charge in [-0.3, -0.25) is 4.79 Å². The smallest absolute Gasteiger partial charge is 0.277 e. The van der Waals surface area contributed by atoms with Gasteiger partial charge in [-0.2, -0.15) is 0 Å². The van der Waals surface area contributed by atoms with Gasteiger partial charge < -0.3 is 9.73 Å². The lowest BCUT2D eigenvalue weighted by atomic mass is 9.89. The topological polar surface area (TPSA) is 68.0 Å². The first-order valence-electron chi connectivity index (χ1n) is 9.72. The van der Waals surface area contributed by atoms with Crippen molar-refractivity contribution >= 4 is 33.6 Å². The van der Waals surface area contributed by atoms with Gasteiger partial charge in [-0.25, -0.2) is 0 Å². The number of nitrogens with zero attached hydrogens (tertiary/aromatic N) is 2. The van der Waals surface area contributed by atoms with Crippen molar-refractivity contribution in [2.24, 2.45) is 0 Å². The predicted molar refractivity (Wildman–Crippen MR) is 118 cm³/mol. The summed E-state index contributed by atoms with van der Waals surface area (Å²) in [5, 5.41) is 11.6. The lowest BCUT2D eigenvalue weighted by molar-refractivity contribution is -0.119. The molecule has 7 heteroatoms. The molecule has 0 spiro atoms. The van der Waals surface area contributed by atoms with E-state index in [4.69, 9.17) is 4.42 Å². The molecule has 0 saturated carbocycles. The predicted octanol–water partition coefficient (Wildman–Crippen LogP) is 5.35. The van der Waals surface area contributed by atoms with Gasteiger partial charge in [0.05, 0.1) is 17.4 Å². The fourth-order valence-electron chi connectivity index (χ4n) is 3.53. The van der Waals surface area contributed by atoms with Crippen molar-refractivity contribution in [1.82, 2.24) is 15.5 Å². The molecule has 2 aromatic carbocycles. The summed E-state index contributed by atoms with van der Waals surface area (Å²) in [6.07, 6.45) is 4.82. The van der Waals surface area contributed by atoms with Gasteiger partial charge in [0.2, 0.25) is 11.8 Å². The number of aryl methyl sites for hydroxylation is 2. The van der Waals surface area contributed by atoms with Gasteiger partial charge >= 0.3 is 0 Å². The third-order valence-corrected chi connectivity index (χ3v) is 6.60. The van der Waals surface area contributed by atoms with Crippen molar-refractivity contribution in [2.45, 2.75) is 43.9 Å². The maximum atomic E-state index is 12.4. The molecule has 1 unspecified atom stereocenters. The molecule has 1 atom stereocenters. The lowest BCUT2D eigenvalue weighted by Gasteiger charge is -2.20. The van der Waals surface area contributed by atoms with Gasteiger partial charge in [-0.05, 0) is 77.4 Å². The molecule has 1 aromatic heterocycles. The van der Waals surface area contributed by atoms with Crippen molar-refractivity contribution in [1.29, 1.82) is 0 Å². The maximum absolute atomic E-state index is 12.4. The van der Waals surface area contributed by atoms with Crippen LogP contribution in [0.25, 0.3) is 11.5 Å². The molecule has 0 aliphatic heterocycles. The number of hydrogen-bond donors (Lipinski definition) is 1. The Balaban J connectivity index is 1.33. The summed E-state index contributed by atoms with van der Waals surface area (Å²) in [5.74, 6) is 0.607. The second-order valence-electron chi connectivity index (χ2n) is 7.17. The van der Waals surface area contributed by atoms with Crippen LogP contribution in [0.1, 0.15) is 42.5 Å². The largest absolute Gasteiger partial charge is 0.411 e. The van der Waals surface area contributed by atoms with E-state index >= 15 is 0 Å². The van der Waals surface area contributed by atoms with Crippen LogP contribution in [0, 0.1) is 0 Å². The van der Waals surface area contributed by atoms with Gasteiger partial charge in [0.15, 0.2) is 0 Å². The number of halogens is 1. The Morgan fingerprint density at radius 2 is 1.97 bits per heavy atom. The van der Waals surface area contributed by atoms with E-state index in [1.165, 1.54) is 42.2 Å². The first-order chi connectivity index (χ1) is 14.1. The monoisotopic (exact) mass is 471 g/mol. The third-order valence-electron chi connectivity index (χ3n) is 5.09. The number of amides is 1. The van der Waals surface area contributed by atoms with Gasteiger partial charge in [0, 0.05) is 4.47 Å². The molecular weight excluding hydrogens is 450 g/mol. The Morgan fingerprint density at radius 1 is 1.17 bits per heavy atom. The number of aromatic nitrogens is 2. The van der Waals surface area contributed by atoms with Crippen LogP contribution in [-0.2, 0) is 17.6 Å². The molecule has 1 N–H and O–H groups in total. The average molecular weight is 472 g/mol. The van der Waals surface area contributed by atoms with Crippen LogP contribution in [0.5, 0.6) is 0 Å². The van der Waals surface area contributed by atoms with Crippen molar-refractivity contribution in [2.75, 3.05) is 5.75 Å². The molecule has 1 aliphatic carbocycles. The van der Waals surface area contributed by atoms with Crippen LogP contribution in [0.3, 0.4) is 0 Å². The summed E-state index contributed by atoms with van der Waals surface area (Å²) in [6, 6.07) is 14.2. The van der Waals surface area contributed by atoms with E-state index in [0.29, 0.717) is 11.1 Å². The second kappa shape index (κ2) is 9.13. The van der Waals surface area contributed by atoms with E-state index in [1.807, 2.05) is 31.2 Å². The van der Waals surface area contributed by atoms with E-state index in [9.17, 15) is 4.79 Å². The zero-order chi connectivity index (χ0) is 20.2. The fraction of sp³-hybridized carbons (Fsp3) is 0.318. The molecule has 0 radical (unpaired) electrons. The van der Waals surface area contributed by atoms with Crippen molar-refractivity contribution < 1.29 is 9.21 Å². The molecule has 150 valence electrons. The highest BCUT2D eigenvalue weighted by atomic mass is 79.9. The highest BCUT2D eigenvalue weighted by Gasteiger charge is 2.16. The molecular formula is C22H22BrN3O2S. The number of hydrogen-bond acceptors (Lipinski definition) is 5. The van der Waals surface area contributed by atoms with Crippen molar-refractivity contribution in [3.05, 3.63) is 63.6 Å². The van der Waals surface area contributed by atoms with Gasteiger partial charge in [0.1, 0.15) is 0 Å². The Bertz CT molecular complexity index is 1020. The van der Waals surface area contributed by atoms with Gasteiger partial charge in [-0.15, -0.1) is 10.2 Å². The normalized spacial score (nSPS) is 14.3. The van der Waals surface area contributed by atoms with Crippen molar-refractivity contribution in [3.63, 3.8) is 0 Å². The standard InChI is InChI=1S/C22H22BrN3O2S/c1-14(16-11-10-15-6-2-3-7-17(15)12-16)24-20(27)13-29-22-26-25-21(28-22)18-8-4-5-9-19(18)23/h4-5,8-12,14H,2-3,6-7,13H2,1H3,(H,24,27). The van der Waals surface area contributed by atoms with E-state index in [2.05, 4.69) is 49.6 Å². The second-order valence-corrected chi connectivity index (χ2v) is 8.95. The SMILES string of the molecule is CC(NC(=O)CSc1nnc(-c2ccccc2Br)o1)c1ccc2c(c1)CCCC2. The number of nitrogens with one attached hydrogen (secondary N) is 1. The number of rotatable bonds is 6.